The van der Waals surface area contributed by atoms with Gasteiger partial charge in [-0.05, 0) is 83.6 Å². The van der Waals surface area contributed by atoms with Crippen molar-refractivity contribution >= 4 is 52.1 Å². The van der Waals surface area contributed by atoms with Crippen LogP contribution in [-0.2, 0) is 25.7 Å². The third-order valence-electron chi connectivity index (χ3n) is 12.2. The predicted molar refractivity (Wildman–Crippen MR) is 265 cm³/mol. The van der Waals surface area contributed by atoms with Gasteiger partial charge < -0.3 is 39.0 Å². The number of hydrogen-bond acceptors (Lipinski definition) is 13. The zero-order valence-corrected chi connectivity index (χ0v) is 40.0. The lowest BCUT2D eigenvalue weighted by Crippen LogP contribution is -2.48. The summed E-state index contributed by atoms with van der Waals surface area (Å²) in [5.74, 6) is -0.663. The third kappa shape index (κ3) is 11.5. The zero-order chi connectivity index (χ0) is 49.3. The molecular formula is C53H54N6O10S. The van der Waals surface area contributed by atoms with Crippen molar-refractivity contribution in [3.05, 3.63) is 165 Å². The second-order valence-electron chi connectivity index (χ2n) is 17.5. The van der Waals surface area contributed by atoms with Gasteiger partial charge in [0.05, 0.1) is 58.6 Å². The van der Waals surface area contributed by atoms with E-state index < -0.39 is 23.0 Å². The number of para-hydroxylation sites is 1. The highest BCUT2D eigenvalue weighted by atomic mass is 32.1. The van der Waals surface area contributed by atoms with E-state index in [2.05, 4.69) is 15.5 Å². The first kappa shape index (κ1) is 49.0. The molecule has 8 rings (SSSR count). The number of nitro groups is 1. The molecule has 2 aliphatic heterocycles. The molecule has 362 valence electrons. The lowest BCUT2D eigenvalue weighted by atomic mass is 9.91. The average Bonchev–Trinajstić information content (AvgIpc) is 4.16. The number of carbonyl (C=O) groups is 3. The van der Waals surface area contributed by atoms with Crippen LogP contribution >= 0.6 is 11.3 Å². The molecule has 1 saturated heterocycles. The van der Waals surface area contributed by atoms with E-state index in [-0.39, 0.29) is 74.0 Å². The van der Waals surface area contributed by atoms with Crippen LogP contribution in [0.15, 0.2) is 125 Å². The minimum absolute atomic E-state index is 0.0148. The van der Waals surface area contributed by atoms with Crippen LogP contribution in [0.2, 0.25) is 0 Å². The fraction of sp³-hybridized carbons (Fsp3) is 0.302. The van der Waals surface area contributed by atoms with Gasteiger partial charge in [-0.2, -0.15) is 0 Å². The quantitative estimate of drug-likeness (QED) is 0.0320. The molecule has 16 nitrogen and oxygen atoms in total. The summed E-state index contributed by atoms with van der Waals surface area (Å²) >= 11 is 1.58. The number of nitro benzene ring substituents is 1. The van der Waals surface area contributed by atoms with Crippen molar-refractivity contribution in [3.63, 3.8) is 0 Å². The number of aliphatic hydroxyl groups is 1. The van der Waals surface area contributed by atoms with Crippen LogP contribution in [0.4, 0.5) is 11.4 Å². The topological polar surface area (TPSA) is 200 Å². The summed E-state index contributed by atoms with van der Waals surface area (Å²) in [6.45, 7) is 9.00. The lowest BCUT2D eigenvalue weighted by Gasteiger charge is -2.29. The molecule has 17 heteroatoms. The molecular weight excluding hydrogens is 913 g/mol. The van der Waals surface area contributed by atoms with Crippen LogP contribution in [0, 0.1) is 23.0 Å². The van der Waals surface area contributed by atoms with Gasteiger partial charge in [0.25, 0.3) is 17.5 Å². The number of amides is 3. The molecule has 4 heterocycles. The lowest BCUT2D eigenvalue weighted by molar-refractivity contribution is -0.384. The number of non-ortho nitro benzene ring substituents is 1. The van der Waals surface area contributed by atoms with Crippen LogP contribution in [0.5, 0.6) is 11.6 Å². The molecule has 0 aliphatic carbocycles. The summed E-state index contributed by atoms with van der Waals surface area (Å²) in [6, 6.07) is 29.7. The number of nitrogens with zero attached hydrogens (tertiary/aromatic N) is 5. The van der Waals surface area contributed by atoms with E-state index in [0.717, 1.165) is 44.1 Å². The molecule has 2 N–H and O–H groups in total. The highest BCUT2D eigenvalue weighted by molar-refractivity contribution is 7.13. The number of aliphatic hydroxyl groups excluding tert-OH is 1. The molecule has 1 unspecified atom stereocenters. The number of likely N-dealkylation sites (tertiary alicyclic amines) is 1. The van der Waals surface area contributed by atoms with Gasteiger partial charge in [-0.3, -0.25) is 24.5 Å². The number of aromatic nitrogens is 2. The molecule has 2 aliphatic rings. The maximum absolute atomic E-state index is 14.1. The van der Waals surface area contributed by atoms with Crippen molar-refractivity contribution in [1.29, 1.82) is 0 Å². The number of ether oxygens (including phenoxy) is 3. The summed E-state index contributed by atoms with van der Waals surface area (Å²) < 4.78 is 23.0. The maximum Gasteiger partial charge on any atom is 0.269 e. The smallest absolute Gasteiger partial charge is 0.269 e. The van der Waals surface area contributed by atoms with Crippen LogP contribution in [-0.4, -0.2) is 87.9 Å². The standard InChI is InChI=1S/C53H54N6O10S/c1-33(2)49(53(63)58-31-41(60)28-46(58)51(61)55-34(3)38-16-18-39(19-17-38)50-35(4)54-32-70-50)47-29-48(56-69-47)68-27-25-66-24-26-67-42-22-14-37(15-23-42)30-57-45-11-6-5-9-43(45)44(52(57)62)10-7-8-36-12-20-40(21-13-36)59(64)65/h5-23,29,32-34,41,46,49,60H,24-28,30-31H2,1-4H3,(H,55,61)/t34-,41+,46-,49?/m0/s1. The van der Waals surface area contributed by atoms with Gasteiger partial charge in [0, 0.05) is 42.3 Å². The first-order chi connectivity index (χ1) is 33.8. The Hall–Kier alpha value is -7.47. The van der Waals surface area contributed by atoms with Crippen LogP contribution in [0.25, 0.3) is 22.1 Å². The van der Waals surface area contributed by atoms with E-state index in [0.29, 0.717) is 30.2 Å². The van der Waals surface area contributed by atoms with E-state index in [9.17, 15) is 29.6 Å². The van der Waals surface area contributed by atoms with E-state index in [1.54, 1.807) is 52.7 Å². The van der Waals surface area contributed by atoms with Crippen molar-refractivity contribution in [2.24, 2.45) is 5.92 Å². The highest BCUT2D eigenvalue weighted by Crippen LogP contribution is 2.38. The van der Waals surface area contributed by atoms with E-state index in [1.807, 2.05) is 106 Å². The van der Waals surface area contributed by atoms with Crippen molar-refractivity contribution in [1.82, 2.24) is 20.4 Å². The Morgan fingerprint density at radius 3 is 2.40 bits per heavy atom. The molecule has 0 spiro atoms. The van der Waals surface area contributed by atoms with Crippen molar-refractivity contribution in [2.45, 2.75) is 64.8 Å². The molecule has 0 bridgehead atoms. The number of β-amino-alcohol motifs (C(OH)–C–C–N with tert-alkyl or cyclic N) is 1. The van der Waals surface area contributed by atoms with Crippen LogP contribution < -0.4 is 19.7 Å². The Bertz CT molecular complexity index is 2860. The largest absolute Gasteiger partial charge is 0.491 e. The van der Waals surface area contributed by atoms with Gasteiger partial charge in [-0.25, -0.2) is 4.98 Å². The molecule has 6 aromatic rings. The zero-order valence-electron chi connectivity index (χ0n) is 39.2. The average molecular weight is 967 g/mol. The molecule has 4 atom stereocenters. The Balaban J connectivity index is 0.768. The van der Waals surface area contributed by atoms with Crippen molar-refractivity contribution in [3.8, 4) is 22.1 Å². The highest BCUT2D eigenvalue weighted by Gasteiger charge is 2.43. The molecule has 0 saturated carbocycles. The summed E-state index contributed by atoms with van der Waals surface area (Å²) in [5.41, 5.74) is 8.65. The summed E-state index contributed by atoms with van der Waals surface area (Å²) in [5, 5.41) is 28.7. The number of hydrogen-bond donors (Lipinski definition) is 2. The van der Waals surface area contributed by atoms with Crippen LogP contribution in [0.1, 0.15) is 72.9 Å². The van der Waals surface area contributed by atoms with Crippen molar-refractivity contribution in [2.75, 3.05) is 37.9 Å². The van der Waals surface area contributed by atoms with E-state index >= 15 is 0 Å². The Morgan fingerprint density at radius 2 is 1.70 bits per heavy atom. The SMILES string of the molecule is Cc1ncsc1-c1ccc([C@H](C)NC(=O)[C@@H]2C[C@@H](O)CN2C(=O)C(c2cc(OCCOCCOc3ccc(CN4C(=O)C(=CC=Cc5ccc([N+](=O)[O-])cc5)c5ccccc54)cc3)no2)C(C)C)cc1. The van der Waals surface area contributed by atoms with E-state index in [4.69, 9.17) is 18.7 Å². The Morgan fingerprint density at radius 1 is 0.971 bits per heavy atom. The molecule has 4 aromatic carbocycles. The maximum atomic E-state index is 14.1. The second kappa shape index (κ2) is 22.3. The molecule has 3 amide bonds. The first-order valence-electron chi connectivity index (χ1n) is 23.1. The van der Waals surface area contributed by atoms with Gasteiger partial charge in [-0.1, -0.05) is 80.6 Å². The van der Waals surface area contributed by atoms with E-state index in [1.165, 1.54) is 17.0 Å². The summed E-state index contributed by atoms with van der Waals surface area (Å²) in [7, 11) is 0. The predicted octanol–water partition coefficient (Wildman–Crippen LogP) is 8.71. The second-order valence-corrected chi connectivity index (χ2v) is 18.3. The normalized spacial score (nSPS) is 17.1. The fourth-order valence-corrected chi connectivity index (χ4v) is 9.40. The number of rotatable bonds is 20. The summed E-state index contributed by atoms with van der Waals surface area (Å²) in [4.78, 5) is 60.6. The number of fused-ring (bicyclic) bond motifs is 1. The Kier molecular flexibility index (Phi) is 15.6. The fourth-order valence-electron chi connectivity index (χ4n) is 8.59. The third-order valence-corrected chi connectivity index (χ3v) is 13.2. The number of thiazole rings is 1. The number of carbonyl (C=O) groups excluding carboxylic acids is 3. The number of aryl methyl sites for hydroxylation is 1. The number of benzene rings is 4. The molecule has 70 heavy (non-hydrogen) atoms. The minimum Gasteiger partial charge on any atom is -0.491 e. The van der Waals surface area contributed by atoms with Gasteiger partial charge in [0.1, 0.15) is 30.9 Å². The Labute approximate surface area is 409 Å². The van der Waals surface area contributed by atoms with Gasteiger partial charge in [0.2, 0.25) is 11.8 Å². The van der Waals surface area contributed by atoms with Gasteiger partial charge in [0.15, 0.2) is 5.76 Å². The number of allylic oxidation sites excluding steroid dienone is 2. The van der Waals surface area contributed by atoms with Crippen molar-refractivity contribution < 1.29 is 43.1 Å². The number of nitrogens with one attached hydrogen (secondary N) is 1. The van der Waals surface area contributed by atoms with Gasteiger partial charge in [-0.15, -0.1) is 11.3 Å². The minimum atomic E-state index is -0.859. The summed E-state index contributed by atoms with van der Waals surface area (Å²) in [6.07, 6.45) is 4.61. The van der Waals surface area contributed by atoms with Crippen LogP contribution in [0.3, 0.4) is 0 Å². The molecule has 1 fully saturated rings. The molecule has 0 radical (unpaired) electrons. The van der Waals surface area contributed by atoms with Gasteiger partial charge >= 0.3 is 0 Å². The molecule has 2 aromatic heterocycles. The first-order valence-corrected chi connectivity index (χ1v) is 23.9. The monoisotopic (exact) mass is 966 g/mol. The number of anilines is 1.